The summed E-state index contributed by atoms with van der Waals surface area (Å²) in [6.07, 6.45) is 9.39. The lowest BCUT2D eigenvalue weighted by atomic mass is 9.85. The van der Waals surface area contributed by atoms with Gasteiger partial charge in [-0.15, -0.1) is 0 Å². The van der Waals surface area contributed by atoms with Gasteiger partial charge in [-0.1, -0.05) is 33.6 Å². The van der Waals surface area contributed by atoms with Crippen molar-refractivity contribution in [1.82, 2.24) is 5.32 Å². The van der Waals surface area contributed by atoms with E-state index in [4.69, 9.17) is 4.74 Å². The predicted octanol–water partition coefficient (Wildman–Crippen LogP) is 3.75. The topological polar surface area (TPSA) is 21.3 Å². The molecule has 3 atom stereocenters. The second kappa shape index (κ2) is 8.93. The van der Waals surface area contributed by atoms with Gasteiger partial charge in [0.1, 0.15) is 0 Å². The highest BCUT2D eigenvalue weighted by Crippen LogP contribution is 2.27. The molecule has 1 aliphatic rings. The summed E-state index contributed by atoms with van der Waals surface area (Å²) in [5.41, 5.74) is 0. The summed E-state index contributed by atoms with van der Waals surface area (Å²) in [7, 11) is 0. The zero-order chi connectivity index (χ0) is 12.5. The number of hydrogen-bond donors (Lipinski definition) is 1. The number of nitrogens with one attached hydrogen (secondary N) is 1. The van der Waals surface area contributed by atoms with E-state index in [2.05, 4.69) is 26.1 Å². The Morgan fingerprint density at radius 2 is 2.00 bits per heavy atom. The van der Waals surface area contributed by atoms with Gasteiger partial charge in [-0.25, -0.2) is 0 Å². The molecule has 1 aliphatic heterocycles. The molecule has 1 fully saturated rings. The Bertz CT molecular complexity index is 182. The van der Waals surface area contributed by atoms with Crippen LogP contribution in [0.4, 0.5) is 0 Å². The summed E-state index contributed by atoms with van der Waals surface area (Å²) in [5.74, 6) is 0.840. The highest BCUT2D eigenvalue weighted by Gasteiger charge is 2.27. The molecule has 102 valence electrons. The fourth-order valence-electron chi connectivity index (χ4n) is 2.94. The van der Waals surface area contributed by atoms with Gasteiger partial charge in [0, 0.05) is 12.6 Å². The van der Waals surface area contributed by atoms with Crippen LogP contribution in [0.2, 0.25) is 0 Å². The first kappa shape index (κ1) is 15.0. The minimum absolute atomic E-state index is 0.529. The average Bonchev–Trinajstić information content (AvgIpc) is 2.35. The highest BCUT2D eigenvalue weighted by atomic mass is 16.5. The van der Waals surface area contributed by atoms with Gasteiger partial charge < -0.3 is 10.1 Å². The van der Waals surface area contributed by atoms with Crippen molar-refractivity contribution in [1.29, 1.82) is 0 Å². The molecule has 0 spiro atoms. The van der Waals surface area contributed by atoms with E-state index in [9.17, 15) is 0 Å². The van der Waals surface area contributed by atoms with E-state index in [1.165, 1.54) is 51.5 Å². The Hall–Kier alpha value is -0.0800. The van der Waals surface area contributed by atoms with Crippen LogP contribution < -0.4 is 5.32 Å². The lowest BCUT2D eigenvalue weighted by molar-refractivity contribution is -0.0221. The summed E-state index contributed by atoms with van der Waals surface area (Å²) in [6.45, 7) is 8.94. The molecule has 0 aliphatic carbocycles. The Morgan fingerprint density at radius 3 is 2.65 bits per heavy atom. The van der Waals surface area contributed by atoms with Gasteiger partial charge in [0.2, 0.25) is 0 Å². The molecule has 1 saturated heterocycles. The molecule has 0 saturated carbocycles. The van der Waals surface area contributed by atoms with E-state index in [0.717, 1.165) is 18.6 Å². The van der Waals surface area contributed by atoms with Crippen molar-refractivity contribution in [3.05, 3.63) is 0 Å². The average molecular weight is 241 g/mol. The third-order valence-corrected chi connectivity index (χ3v) is 3.84. The fraction of sp³-hybridized carbons (Fsp3) is 1.00. The Morgan fingerprint density at radius 1 is 1.18 bits per heavy atom. The van der Waals surface area contributed by atoms with Crippen molar-refractivity contribution in [2.24, 2.45) is 5.92 Å². The predicted molar refractivity (Wildman–Crippen MR) is 74.4 cm³/mol. The Kier molecular flexibility index (Phi) is 7.87. The van der Waals surface area contributed by atoms with Gasteiger partial charge in [0.05, 0.1) is 6.10 Å². The van der Waals surface area contributed by atoms with Crippen LogP contribution >= 0.6 is 0 Å². The molecule has 0 aromatic carbocycles. The molecule has 0 amide bonds. The zero-order valence-electron chi connectivity index (χ0n) is 12.0. The molecule has 1 N–H and O–H groups in total. The first-order chi connectivity index (χ1) is 8.31. The molecule has 17 heavy (non-hydrogen) atoms. The molecular weight excluding hydrogens is 210 g/mol. The van der Waals surface area contributed by atoms with E-state index in [1.54, 1.807) is 0 Å². The first-order valence-electron chi connectivity index (χ1n) is 7.66. The van der Waals surface area contributed by atoms with Crippen LogP contribution in [0.25, 0.3) is 0 Å². The second-order valence-corrected chi connectivity index (χ2v) is 5.42. The Labute approximate surface area is 108 Å². The summed E-state index contributed by atoms with van der Waals surface area (Å²) in [5, 5.41) is 3.75. The van der Waals surface area contributed by atoms with Gasteiger partial charge in [0.15, 0.2) is 0 Å². The second-order valence-electron chi connectivity index (χ2n) is 5.42. The summed E-state index contributed by atoms with van der Waals surface area (Å²) in [6, 6.07) is 0.725. The third kappa shape index (κ3) is 5.39. The summed E-state index contributed by atoms with van der Waals surface area (Å²) in [4.78, 5) is 0. The minimum Gasteiger partial charge on any atom is -0.378 e. The summed E-state index contributed by atoms with van der Waals surface area (Å²) >= 11 is 0. The van der Waals surface area contributed by atoms with Crippen molar-refractivity contribution >= 4 is 0 Å². The number of hydrogen-bond acceptors (Lipinski definition) is 2. The van der Waals surface area contributed by atoms with Gasteiger partial charge in [0.25, 0.3) is 0 Å². The lowest BCUT2D eigenvalue weighted by Gasteiger charge is -2.35. The Balaban J connectivity index is 2.41. The number of ether oxygens (including phenoxy) is 1. The van der Waals surface area contributed by atoms with E-state index in [-0.39, 0.29) is 0 Å². The van der Waals surface area contributed by atoms with Crippen molar-refractivity contribution in [2.75, 3.05) is 13.2 Å². The maximum absolute atomic E-state index is 5.85. The van der Waals surface area contributed by atoms with E-state index in [0.29, 0.717) is 6.10 Å². The smallest absolute Gasteiger partial charge is 0.0578 e. The molecule has 2 nitrogen and oxygen atoms in total. The van der Waals surface area contributed by atoms with Crippen molar-refractivity contribution in [3.63, 3.8) is 0 Å². The van der Waals surface area contributed by atoms with Crippen LogP contribution in [-0.4, -0.2) is 25.3 Å². The van der Waals surface area contributed by atoms with Crippen LogP contribution in [0.1, 0.15) is 65.7 Å². The van der Waals surface area contributed by atoms with E-state index < -0.39 is 0 Å². The van der Waals surface area contributed by atoms with Crippen LogP contribution in [-0.2, 0) is 4.74 Å². The van der Waals surface area contributed by atoms with E-state index >= 15 is 0 Å². The van der Waals surface area contributed by atoms with E-state index in [1.807, 2.05) is 0 Å². The maximum atomic E-state index is 5.85. The van der Waals surface area contributed by atoms with Gasteiger partial charge >= 0.3 is 0 Å². The normalized spacial score (nSPS) is 27.0. The van der Waals surface area contributed by atoms with Crippen molar-refractivity contribution in [3.8, 4) is 0 Å². The van der Waals surface area contributed by atoms with Crippen molar-refractivity contribution < 1.29 is 4.74 Å². The SMILES string of the molecule is CCCNC(CCC)C1CCOC(CCC)C1. The lowest BCUT2D eigenvalue weighted by Crippen LogP contribution is -2.41. The van der Waals surface area contributed by atoms with Crippen LogP contribution in [0.5, 0.6) is 0 Å². The molecule has 1 heterocycles. The summed E-state index contributed by atoms with van der Waals surface area (Å²) < 4.78 is 5.85. The first-order valence-corrected chi connectivity index (χ1v) is 7.66. The van der Waals surface area contributed by atoms with Crippen LogP contribution in [0.3, 0.4) is 0 Å². The fourth-order valence-corrected chi connectivity index (χ4v) is 2.94. The van der Waals surface area contributed by atoms with Gasteiger partial charge in [-0.05, 0) is 44.6 Å². The molecule has 0 radical (unpaired) electrons. The van der Waals surface area contributed by atoms with Crippen molar-refractivity contribution in [2.45, 2.75) is 77.9 Å². The maximum Gasteiger partial charge on any atom is 0.0578 e. The van der Waals surface area contributed by atoms with Crippen LogP contribution in [0.15, 0.2) is 0 Å². The third-order valence-electron chi connectivity index (χ3n) is 3.84. The molecule has 0 bridgehead atoms. The standard InChI is InChI=1S/C15H31NO/c1-4-7-14-12-13(9-11-17-14)15(8-5-2)16-10-6-3/h13-16H,4-12H2,1-3H3. The number of rotatable bonds is 8. The molecule has 1 rings (SSSR count). The largest absolute Gasteiger partial charge is 0.378 e. The molecule has 2 heteroatoms. The molecule has 0 aromatic rings. The monoisotopic (exact) mass is 241 g/mol. The molecular formula is C15H31NO. The van der Waals surface area contributed by atoms with Gasteiger partial charge in [-0.3, -0.25) is 0 Å². The quantitative estimate of drug-likeness (QED) is 0.699. The highest BCUT2D eigenvalue weighted by molar-refractivity contribution is 4.81. The minimum atomic E-state index is 0.529. The van der Waals surface area contributed by atoms with Gasteiger partial charge in [-0.2, -0.15) is 0 Å². The molecule has 3 unspecified atom stereocenters. The van der Waals surface area contributed by atoms with Crippen LogP contribution in [0, 0.1) is 5.92 Å². The zero-order valence-corrected chi connectivity index (χ0v) is 12.0. The molecule has 0 aromatic heterocycles.